The SMILES string of the molecule is CN(C)Cc1ccc(-c2ccc(O)c3c2CC2C[C@@H]4C(C(=O)C(C(N)=O)=C(O)[C@H]4N(C)C)C(=O)C2=C3O)[nH]1. The number of phenolic OH excluding ortho intramolecular Hbond substituents is 1. The molecule has 1 aromatic carbocycles. The Morgan fingerprint density at radius 3 is 2.39 bits per heavy atom. The van der Waals surface area contributed by atoms with Crippen molar-refractivity contribution in [3.05, 3.63) is 58.0 Å². The van der Waals surface area contributed by atoms with Crippen LogP contribution < -0.4 is 5.73 Å². The van der Waals surface area contributed by atoms with E-state index in [1.807, 2.05) is 31.1 Å². The number of aromatic amines is 1. The predicted molar refractivity (Wildman–Crippen MR) is 140 cm³/mol. The number of aromatic hydroxyl groups is 1. The highest BCUT2D eigenvalue weighted by atomic mass is 16.3. The second-order valence-corrected chi connectivity index (χ2v) is 10.9. The van der Waals surface area contributed by atoms with Gasteiger partial charge < -0.3 is 30.9 Å². The number of aliphatic hydroxyl groups is 2. The Hall–Kier alpha value is -3.89. The normalized spacial score (nSPS) is 25.1. The van der Waals surface area contributed by atoms with Gasteiger partial charge in [0.15, 0.2) is 11.6 Å². The fourth-order valence-corrected chi connectivity index (χ4v) is 6.55. The molecule has 0 saturated heterocycles. The van der Waals surface area contributed by atoms with Crippen molar-refractivity contribution in [1.29, 1.82) is 0 Å². The molecule has 5 rings (SSSR count). The molecule has 3 aliphatic rings. The van der Waals surface area contributed by atoms with Crippen LogP contribution in [0.5, 0.6) is 5.75 Å². The summed E-state index contributed by atoms with van der Waals surface area (Å²) in [6.07, 6.45) is 0.655. The molecular weight excluding hydrogens is 488 g/mol. The monoisotopic (exact) mass is 520 g/mol. The van der Waals surface area contributed by atoms with Crippen molar-refractivity contribution in [3.63, 3.8) is 0 Å². The second kappa shape index (κ2) is 9.14. The maximum Gasteiger partial charge on any atom is 0.255 e. The number of nitrogens with two attached hydrogens (primary N) is 1. The molecule has 38 heavy (non-hydrogen) atoms. The first-order valence-corrected chi connectivity index (χ1v) is 12.5. The number of rotatable bonds is 5. The molecular formula is C28H32N4O6. The smallest absolute Gasteiger partial charge is 0.255 e. The number of hydrogen-bond donors (Lipinski definition) is 5. The van der Waals surface area contributed by atoms with Crippen LogP contribution in [-0.2, 0) is 27.3 Å². The first kappa shape index (κ1) is 25.7. The van der Waals surface area contributed by atoms with Gasteiger partial charge in [0.25, 0.3) is 5.91 Å². The first-order chi connectivity index (χ1) is 17.9. The van der Waals surface area contributed by atoms with Crippen LogP contribution in [0.1, 0.15) is 23.2 Å². The van der Waals surface area contributed by atoms with Crippen LogP contribution in [0.3, 0.4) is 0 Å². The van der Waals surface area contributed by atoms with Gasteiger partial charge in [0.2, 0.25) is 0 Å². The third-order valence-electron chi connectivity index (χ3n) is 7.97. The Morgan fingerprint density at radius 2 is 1.76 bits per heavy atom. The van der Waals surface area contributed by atoms with Gasteiger partial charge in [-0.1, -0.05) is 0 Å². The number of nitrogens with one attached hydrogen (secondary N) is 1. The van der Waals surface area contributed by atoms with Gasteiger partial charge in [0, 0.05) is 29.1 Å². The van der Waals surface area contributed by atoms with Crippen LogP contribution in [0, 0.1) is 17.8 Å². The average molecular weight is 521 g/mol. The largest absolute Gasteiger partial charge is 0.510 e. The standard InChI is InChI=1S/C28H32N4O6/c1-31(2)11-13-5-7-17(30-13)14-6-8-18(33)20-15(14)9-12-10-16-21(25(35)19(12)24(20)34)26(36)22(28(29)38)27(37)23(16)32(3)4/h5-8,12,16,21,23,30,33-34,37H,9-11H2,1-4H3,(H2,29,38)/t12?,16-,21?,23+/m1/s1. The highest BCUT2D eigenvalue weighted by molar-refractivity contribution is 6.28. The molecule has 0 spiro atoms. The summed E-state index contributed by atoms with van der Waals surface area (Å²) in [7, 11) is 7.33. The fourth-order valence-electron chi connectivity index (χ4n) is 6.55. The van der Waals surface area contributed by atoms with Crippen molar-refractivity contribution in [2.24, 2.45) is 23.5 Å². The molecule has 2 aromatic rings. The molecule has 1 aromatic heterocycles. The highest BCUT2D eigenvalue weighted by Crippen LogP contribution is 2.51. The maximum atomic E-state index is 13.8. The summed E-state index contributed by atoms with van der Waals surface area (Å²) < 4.78 is 0. The number of nitrogens with zero attached hydrogens (tertiary/aromatic N) is 2. The van der Waals surface area contributed by atoms with E-state index in [2.05, 4.69) is 4.98 Å². The van der Waals surface area contributed by atoms with Gasteiger partial charge in [-0.15, -0.1) is 0 Å². The summed E-state index contributed by atoms with van der Waals surface area (Å²) in [5, 5.41) is 33.0. The maximum absolute atomic E-state index is 13.8. The van der Waals surface area contributed by atoms with Gasteiger partial charge in [-0.2, -0.15) is 0 Å². The zero-order chi connectivity index (χ0) is 27.6. The van der Waals surface area contributed by atoms with Crippen LogP contribution >= 0.6 is 0 Å². The van der Waals surface area contributed by atoms with Gasteiger partial charge in [-0.05, 0) is 82.7 Å². The number of primary amides is 1. The van der Waals surface area contributed by atoms with Crippen LogP contribution in [0.2, 0.25) is 0 Å². The number of benzene rings is 1. The number of hydrogen-bond acceptors (Lipinski definition) is 8. The number of carbonyl (C=O) groups excluding carboxylic acids is 3. The molecule has 10 nitrogen and oxygen atoms in total. The minimum absolute atomic E-state index is 0.0713. The van der Waals surface area contributed by atoms with Gasteiger partial charge in [-0.25, -0.2) is 0 Å². The number of carbonyl (C=O) groups is 3. The first-order valence-electron chi connectivity index (χ1n) is 12.5. The molecule has 0 bridgehead atoms. The number of aliphatic hydroxyl groups excluding tert-OH is 2. The summed E-state index contributed by atoms with van der Waals surface area (Å²) in [6, 6.07) is 6.42. The Balaban J connectivity index is 1.63. The Bertz CT molecular complexity index is 1430. The number of fused-ring (bicyclic) bond motifs is 3. The summed E-state index contributed by atoms with van der Waals surface area (Å²) in [5.74, 6) is -5.81. The predicted octanol–water partition coefficient (Wildman–Crippen LogP) is 1.91. The Morgan fingerprint density at radius 1 is 1.05 bits per heavy atom. The van der Waals surface area contributed by atoms with Crippen molar-refractivity contribution in [1.82, 2.24) is 14.8 Å². The molecule has 2 unspecified atom stereocenters. The molecule has 200 valence electrons. The molecule has 1 fully saturated rings. The quantitative estimate of drug-likeness (QED) is 0.295. The molecule has 1 amide bonds. The number of ketones is 2. The lowest BCUT2D eigenvalue weighted by atomic mass is 9.59. The van der Waals surface area contributed by atoms with E-state index < -0.39 is 52.6 Å². The van der Waals surface area contributed by atoms with Crippen LogP contribution in [0.25, 0.3) is 17.0 Å². The van der Waals surface area contributed by atoms with Gasteiger partial charge in [0.1, 0.15) is 22.8 Å². The number of amides is 1. The molecule has 6 N–H and O–H groups in total. The van der Waals surface area contributed by atoms with Crippen molar-refractivity contribution in [3.8, 4) is 17.0 Å². The highest BCUT2D eigenvalue weighted by Gasteiger charge is 2.55. The minimum Gasteiger partial charge on any atom is -0.510 e. The third kappa shape index (κ3) is 3.83. The van der Waals surface area contributed by atoms with Crippen LogP contribution in [0.15, 0.2) is 41.2 Å². The van der Waals surface area contributed by atoms with E-state index in [0.717, 1.165) is 17.0 Å². The zero-order valence-electron chi connectivity index (χ0n) is 21.8. The number of likely N-dealkylation sites (N-methyl/N-ethyl adjacent to an activating group) is 1. The lowest BCUT2D eigenvalue weighted by Crippen LogP contribution is -2.55. The second-order valence-electron chi connectivity index (χ2n) is 10.9. The summed E-state index contributed by atoms with van der Waals surface area (Å²) in [5.41, 5.74) is 8.40. The number of phenols is 1. The van der Waals surface area contributed by atoms with Crippen LogP contribution in [-0.4, -0.2) is 81.8 Å². The zero-order valence-corrected chi connectivity index (χ0v) is 21.8. The number of aromatic nitrogens is 1. The number of Topliss-reactive ketones (excluding diaryl/α,β-unsaturated/α-hetero) is 2. The average Bonchev–Trinajstić information content (AvgIpc) is 3.25. The third-order valence-corrected chi connectivity index (χ3v) is 7.97. The van der Waals surface area contributed by atoms with E-state index in [1.165, 1.54) is 6.07 Å². The summed E-state index contributed by atoms with van der Waals surface area (Å²) in [6.45, 7) is 0.708. The lowest BCUT2D eigenvalue weighted by Gasteiger charge is -2.46. The van der Waals surface area contributed by atoms with E-state index in [4.69, 9.17) is 5.73 Å². The van der Waals surface area contributed by atoms with Crippen molar-refractivity contribution in [2.45, 2.75) is 25.4 Å². The van der Waals surface area contributed by atoms with Crippen molar-refractivity contribution >= 4 is 23.2 Å². The van der Waals surface area contributed by atoms with Gasteiger partial charge in [0.05, 0.1) is 17.5 Å². The van der Waals surface area contributed by atoms with E-state index in [-0.39, 0.29) is 22.6 Å². The Kier molecular flexibility index (Phi) is 6.19. The van der Waals surface area contributed by atoms with E-state index in [0.29, 0.717) is 24.9 Å². The molecule has 0 aliphatic heterocycles. The lowest BCUT2D eigenvalue weighted by molar-refractivity contribution is -0.136. The number of allylic oxidation sites excluding steroid dienone is 1. The number of H-pyrrole nitrogens is 1. The van der Waals surface area contributed by atoms with Gasteiger partial charge in [-0.3, -0.25) is 19.3 Å². The topological polar surface area (TPSA) is 160 Å². The van der Waals surface area contributed by atoms with E-state index in [9.17, 15) is 29.7 Å². The van der Waals surface area contributed by atoms with E-state index >= 15 is 0 Å². The molecule has 10 heteroatoms. The van der Waals surface area contributed by atoms with E-state index in [1.54, 1.807) is 25.1 Å². The minimum atomic E-state index is -1.27. The molecule has 1 heterocycles. The fraction of sp³-hybridized carbons (Fsp3) is 0.393. The molecule has 0 radical (unpaired) electrons. The molecule has 3 aliphatic carbocycles. The van der Waals surface area contributed by atoms with Crippen LogP contribution in [0.4, 0.5) is 0 Å². The van der Waals surface area contributed by atoms with Gasteiger partial charge >= 0.3 is 0 Å². The van der Waals surface area contributed by atoms with Crippen molar-refractivity contribution in [2.75, 3.05) is 28.2 Å². The summed E-state index contributed by atoms with van der Waals surface area (Å²) in [4.78, 5) is 46.3. The molecule has 4 atom stereocenters. The van der Waals surface area contributed by atoms with Crippen molar-refractivity contribution < 1.29 is 29.7 Å². The molecule has 1 saturated carbocycles. The Labute approximate surface area is 220 Å². The summed E-state index contributed by atoms with van der Waals surface area (Å²) >= 11 is 0.